The van der Waals surface area contributed by atoms with Crippen molar-refractivity contribution in [2.75, 3.05) is 14.2 Å². The molecule has 1 aliphatic rings. The third-order valence-electron chi connectivity index (χ3n) is 6.16. The zero-order chi connectivity index (χ0) is 22.3. The van der Waals surface area contributed by atoms with Crippen molar-refractivity contribution in [3.8, 4) is 17.1 Å². The van der Waals surface area contributed by atoms with E-state index in [9.17, 15) is 14.7 Å². The second-order valence-corrected chi connectivity index (χ2v) is 7.82. The quantitative estimate of drug-likeness (QED) is 0.461. The number of hydrogen-bond acceptors (Lipinski definition) is 6. The molecule has 162 valence electrons. The van der Waals surface area contributed by atoms with Gasteiger partial charge in [0.15, 0.2) is 6.29 Å². The van der Waals surface area contributed by atoms with Crippen molar-refractivity contribution in [1.82, 2.24) is 9.55 Å². The second kappa shape index (κ2) is 7.90. The highest BCUT2D eigenvalue weighted by molar-refractivity contribution is 5.90. The topological polar surface area (TPSA) is 90.7 Å². The van der Waals surface area contributed by atoms with E-state index >= 15 is 0 Å². The summed E-state index contributed by atoms with van der Waals surface area (Å²) in [7, 11) is 3.13. The van der Waals surface area contributed by atoms with Crippen LogP contribution >= 0.6 is 0 Å². The van der Waals surface area contributed by atoms with Crippen LogP contribution in [0.3, 0.4) is 0 Å². The van der Waals surface area contributed by atoms with Crippen LogP contribution in [0.25, 0.3) is 22.3 Å². The van der Waals surface area contributed by atoms with Gasteiger partial charge in [0.25, 0.3) is 5.56 Å². The Hall–Kier alpha value is -3.03. The first-order valence-electron chi connectivity index (χ1n) is 10.4. The van der Waals surface area contributed by atoms with Crippen LogP contribution in [0.2, 0.25) is 0 Å². The molecule has 0 fully saturated rings. The first-order chi connectivity index (χ1) is 14.9. The van der Waals surface area contributed by atoms with E-state index in [4.69, 9.17) is 14.5 Å². The SMILES string of the molecule is CCc1ccc2nc3c(cc2c1OC)Cn1c-3cc([C@](O)(C=O)CC)c(COC)c1=O. The second-order valence-electron chi connectivity index (χ2n) is 7.82. The van der Waals surface area contributed by atoms with E-state index in [1.807, 2.05) is 18.2 Å². The lowest BCUT2D eigenvalue weighted by atomic mass is 9.89. The average molecular weight is 422 g/mol. The van der Waals surface area contributed by atoms with Crippen molar-refractivity contribution in [1.29, 1.82) is 0 Å². The fourth-order valence-corrected chi connectivity index (χ4v) is 4.39. The highest BCUT2D eigenvalue weighted by Gasteiger charge is 2.34. The fourth-order valence-electron chi connectivity index (χ4n) is 4.39. The molecule has 7 heteroatoms. The van der Waals surface area contributed by atoms with Crippen LogP contribution in [0.1, 0.15) is 42.5 Å². The molecule has 0 aliphatic carbocycles. The first-order valence-corrected chi connectivity index (χ1v) is 10.4. The Kier molecular flexibility index (Phi) is 5.41. The number of carbonyl (C=O) groups excluding carboxylic acids is 1. The summed E-state index contributed by atoms with van der Waals surface area (Å²) in [5, 5.41) is 11.8. The molecule has 0 bridgehead atoms. The summed E-state index contributed by atoms with van der Waals surface area (Å²) in [6.07, 6.45) is 1.46. The van der Waals surface area contributed by atoms with E-state index in [1.54, 1.807) is 24.7 Å². The number of aldehydes is 1. The third-order valence-corrected chi connectivity index (χ3v) is 6.16. The van der Waals surface area contributed by atoms with E-state index in [0.29, 0.717) is 24.2 Å². The molecular weight excluding hydrogens is 396 g/mol. The van der Waals surface area contributed by atoms with Gasteiger partial charge < -0.3 is 19.1 Å². The number of nitrogens with zero attached hydrogens (tertiary/aromatic N) is 2. The van der Waals surface area contributed by atoms with Gasteiger partial charge >= 0.3 is 0 Å². The Morgan fingerprint density at radius 2 is 2.03 bits per heavy atom. The van der Waals surface area contributed by atoms with Gasteiger partial charge in [0.2, 0.25) is 0 Å². The summed E-state index contributed by atoms with van der Waals surface area (Å²) >= 11 is 0. The number of methoxy groups -OCH3 is 2. The molecule has 4 rings (SSSR count). The predicted molar refractivity (Wildman–Crippen MR) is 117 cm³/mol. The number of ether oxygens (including phenoxy) is 2. The van der Waals surface area contributed by atoms with Crippen LogP contribution < -0.4 is 10.3 Å². The number of pyridine rings is 2. The van der Waals surface area contributed by atoms with E-state index in [0.717, 1.165) is 34.2 Å². The molecule has 1 N–H and O–H groups in total. The maximum atomic E-state index is 13.3. The molecule has 2 aromatic heterocycles. The number of aromatic nitrogens is 2. The molecule has 31 heavy (non-hydrogen) atoms. The number of aryl methyl sites for hydroxylation is 1. The Balaban J connectivity index is 2.00. The van der Waals surface area contributed by atoms with Gasteiger partial charge in [-0.15, -0.1) is 0 Å². The number of fused-ring (bicyclic) bond motifs is 4. The van der Waals surface area contributed by atoms with Crippen molar-refractivity contribution >= 4 is 17.2 Å². The minimum atomic E-state index is -1.76. The van der Waals surface area contributed by atoms with E-state index in [2.05, 4.69) is 6.92 Å². The minimum absolute atomic E-state index is 0.00400. The zero-order valence-corrected chi connectivity index (χ0v) is 18.2. The highest BCUT2D eigenvalue weighted by Crippen LogP contribution is 2.38. The monoisotopic (exact) mass is 422 g/mol. The van der Waals surface area contributed by atoms with Crippen LogP contribution in [-0.2, 0) is 34.7 Å². The molecule has 3 aromatic rings. The molecule has 7 nitrogen and oxygen atoms in total. The van der Waals surface area contributed by atoms with Gasteiger partial charge in [-0.1, -0.05) is 19.9 Å². The summed E-state index contributed by atoms with van der Waals surface area (Å²) in [6.45, 7) is 4.13. The maximum absolute atomic E-state index is 13.3. The highest BCUT2D eigenvalue weighted by atomic mass is 16.5. The van der Waals surface area contributed by atoms with Gasteiger partial charge in [0.1, 0.15) is 11.4 Å². The summed E-state index contributed by atoms with van der Waals surface area (Å²) in [4.78, 5) is 29.9. The molecule has 0 amide bonds. The average Bonchev–Trinajstić information content (AvgIpc) is 3.15. The van der Waals surface area contributed by atoms with Gasteiger partial charge in [-0.05, 0) is 36.6 Å². The number of benzene rings is 1. The molecule has 0 saturated heterocycles. The molecule has 1 atom stereocenters. The Labute approximate surface area is 180 Å². The van der Waals surface area contributed by atoms with Crippen LogP contribution in [0.15, 0.2) is 29.1 Å². The van der Waals surface area contributed by atoms with Crippen LogP contribution in [0.4, 0.5) is 0 Å². The Morgan fingerprint density at radius 3 is 2.65 bits per heavy atom. The van der Waals surface area contributed by atoms with Crippen molar-refractivity contribution in [3.05, 3.63) is 56.9 Å². The first kappa shape index (κ1) is 21.2. The van der Waals surface area contributed by atoms with Crippen molar-refractivity contribution < 1.29 is 19.4 Å². The molecule has 0 radical (unpaired) electrons. The smallest absolute Gasteiger partial charge is 0.257 e. The zero-order valence-electron chi connectivity index (χ0n) is 18.2. The number of aliphatic hydroxyl groups is 1. The lowest BCUT2D eigenvalue weighted by molar-refractivity contribution is -0.125. The van der Waals surface area contributed by atoms with Crippen molar-refractivity contribution in [2.45, 2.75) is 45.4 Å². The Morgan fingerprint density at radius 1 is 1.26 bits per heavy atom. The van der Waals surface area contributed by atoms with Crippen LogP contribution in [0, 0.1) is 0 Å². The van der Waals surface area contributed by atoms with Gasteiger partial charge in [-0.25, -0.2) is 4.98 Å². The maximum Gasteiger partial charge on any atom is 0.257 e. The molecule has 1 aromatic carbocycles. The summed E-state index contributed by atoms with van der Waals surface area (Å²) in [5.74, 6) is 0.792. The summed E-state index contributed by atoms with van der Waals surface area (Å²) in [6, 6.07) is 7.67. The normalized spacial score (nSPS) is 14.2. The van der Waals surface area contributed by atoms with E-state index < -0.39 is 5.60 Å². The Bertz CT molecular complexity index is 1250. The predicted octanol–water partition coefficient (Wildman–Crippen LogP) is 2.94. The van der Waals surface area contributed by atoms with Gasteiger partial charge in [-0.2, -0.15) is 0 Å². The third kappa shape index (κ3) is 3.16. The van der Waals surface area contributed by atoms with E-state index in [-0.39, 0.29) is 29.7 Å². The molecule has 0 spiro atoms. The minimum Gasteiger partial charge on any atom is -0.496 e. The fraction of sp³-hybridized carbons (Fsp3) is 0.375. The standard InChI is InChI=1S/C24H26N2O5/c1-5-14-7-8-19-16(22(14)31-4)9-15-11-26-20(21(15)25-19)10-18(24(29,6-2)13-27)17(12-30-3)23(26)28/h7-10,13,29H,5-6,11-12H2,1-4H3/t24-/m1/s1. The van der Waals surface area contributed by atoms with Gasteiger partial charge in [0.05, 0.1) is 37.2 Å². The van der Waals surface area contributed by atoms with Crippen molar-refractivity contribution in [3.63, 3.8) is 0 Å². The van der Waals surface area contributed by atoms with E-state index in [1.165, 1.54) is 7.11 Å². The molecule has 0 saturated carbocycles. The summed E-state index contributed by atoms with van der Waals surface area (Å²) < 4.78 is 12.5. The number of carbonyl (C=O) groups is 1. The van der Waals surface area contributed by atoms with Gasteiger partial charge in [0, 0.05) is 29.2 Å². The lowest BCUT2D eigenvalue weighted by Gasteiger charge is -2.24. The molecule has 3 heterocycles. The lowest BCUT2D eigenvalue weighted by Crippen LogP contribution is -2.34. The van der Waals surface area contributed by atoms with Gasteiger partial charge in [-0.3, -0.25) is 9.59 Å². The number of hydrogen-bond donors (Lipinski definition) is 1. The molecule has 1 aliphatic heterocycles. The molecular formula is C24H26N2O5. The van der Waals surface area contributed by atoms with Crippen LogP contribution in [0.5, 0.6) is 5.75 Å². The molecule has 0 unspecified atom stereocenters. The summed E-state index contributed by atoms with van der Waals surface area (Å²) in [5.41, 5.74) is 2.51. The van der Waals surface area contributed by atoms with Crippen molar-refractivity contribution in [2.24, 2.45) is 0 Å². The van der Waals surface area contributed by atoms with Crippen LogP contribution in [-0.4, -0.2) is 35.2 Å². The number of rotatable bonds is 7. The largest absolute Gasteiger partial charge is 0.496 e.